The maximum atomic E-state index is 11.9. The summed E-state index contributed by atoms with van der Waals surface area (Å²) in [4.78, 5) is 101. The summed E-state index contributed by atoms with van der Waals surface area (Å²) in [6, 6.07) is 32.1. The zero-order valence-electron chi connectivity index (χ0n) is 52.0. The lowest BCUT2D eigenvalue weighted by Crippen LogP contribution is -2.45. The van der Waals surface area contributed by atoms with E-state index in [-0.39, 0.29) is 77.5 Å². The largest absolute Gasteiger partial charge is 0.481 e. The molecule has 90 heavy (non-hydrogen) atoms. The molecule has 20 nitrogen and oxygen atoms in total. The first-order valence-electron chi connectivity index (χ1n) is 28.0. The van der Waals surface area contributed by atoms with Crippen LogP contribution in [0.3, 0.4) is 0 Å². The number of amides is 4. The number of aliphatic carboxylic acids is 2. The molecular weight excluding hydrogens is 1510 g/mol. The van der Waals surface area contributed by atoms with Crippen molar-refractivity contribution in [1.29, 1.82) is 0 Å². The molecule has 5 unspecified atom stereocenters. The van der Waals surface area contributed by atoms with Crippen LogP contribution in [0.5, 0.6) is 0 Å². The Labute approximate surface area is 573 Å². The van der Waals surface area contributed by atoms with Gasteiger partial charge in [-0.05, 0) is 189 Å². The van der Waals surface area contributed by atoms with E-state index >= 15 is 0 Å². The quantitative estimate of drug-likeness (QED) is 0.0431. The number of nitrogens with one attached hydrogen (secondary N) is 3. The Morgan fingerprint density at radius 3 is 1.57 bits per heavy atom. The fraction of sp³-hybridized carbons (Fsp3) is 0.359. The molecule has 0 spiro atoms. The Morgan fingerprint density at radius 2 is 1.12 bits per heavy atom. The highest BCUT2D eigenvalue weighted by atomic mass is 79.9. The van der Waals surface area contributed by atoms with Gasteiger partial charge in [0, 0.05) is 120 Å². The molecule has 3 aliphatic heterocycles. The standard InChI is InChI=1S/C16H21BrN2O3.C12H12BrNO2.C10H12BrNO2.C10H10BrNO.C6H6BrN.C4H9NO2.C4H6O2.C2H3ClO/c1-9(2)22-16(21)18-14-7-10(3)19(11(4)20)15-6-5-12(17)8-13(14)15;1-7-5-12(16)10-6-9(13)3-4-11(10)14(7)8(2)15;1-7(6-10(13)14)12-9-4-2-8(11)3-5-9;1-6-4-10(13)8-5-7(11)2-3-9(8)12-6;7-5-1-3-6(8)4-2-5;1-3(2)7-4(5)6;1-2-3-4(5)6;1-2(3)4/h5-6,8-10,14H,7H2,1-4H3,(H,18,21);3-4,6-7H,5H2,1-2H3;2-5,7,12H,6H2,1H3,(H,13,14);2-3,5-6,12H,4H2,1H3;1-4H,8H2;3H,1-2H3,(H2,5,6);2-3H,1H3,(H,5,6);1H3/b;;;;;;3-2-;. The van der Waals surface area contributed by atoms with Gasteiger partial charge in [0.05, 0.1) is 30.4 Å². The van der Waals surface area contributed by atoms with Gasteiger partial charge in [-0.3, -0.25) is 28.8 Å². The monoisotopic (exact) mass is 1580 g/mol. The SMILES string of the molecule is C/C=C\C(=O)O.CC(=O)Cl.CC(=O)N1c2ccc(Br)cc2C(=O)CC1C.CC(=O)N1c2ccc(Br)cc2C(NC(=O)OC(C)C)CC1C.CC(C)OC(N)=O.CC(CC(=O)O)Nc1ccc(Br)cc1.CC1CC(=O)c2cc(Br)ccc2N1.Nc1ccc(Br)cc1. The first kappa shape index (κ1) is 81.4. The second kappa shape index (κ2) is 41.7. The molecule has 26 heteroatoms. The Balaban J connectivity index is 0.000000539. The summed E-state index contributed by atoms with van der Waals surface area (Å²) >= 11 is 21.4. The number of Topliss-reactive ketones (excluding diaryl/α,β-unsaturated/α-hetero) is 2. The zero-order valence-corrected chi connectivity index (χ0v) is 60.7. The van der Waals surface area contributed by atoms with Gasteiger partial charge in [-0.1, -0.05) is 85.7 Å². The molecule has 5 aromatic rings. The minimum atomic E-state index is -0.891. The van der Waals surface area contributed by atoms with Crippen LogP contribution in [0.15, 0.2) is 138 Å². The lowest BCUT2D eigenvalue weighted by molar-refractivity contribution is -0.137. The maximum Gasteiger partial charge on any atom is 0.407 e. The number of alkyl carbamates (subject to hydrolysis) is 1. The molecule has 3 aliphatic rings. The highest BCUT2D eigenvalue weighted by molar-refractivity contribution is 9.11. The van der Waals surface area contributed by atoms with Crippen LogP contribution in [-0.4, -0.2) is 99.3 Å². The number of nitrogens with zero attached hydrogens (tertiary/aromatic N) is 2. The van der Waals surface area contributed by atoms with Crippen molar-refractivity contribution in [2.24, 2.45) is 5.73 Å². The number of hydrogen-bond donors (Lipinski definition) is 7. The zero-order chi connectivity index (χ0) is 68.7. The van der Waals surface area contributed by atoms with E-state index < -0.39 is 24.1 Å². The molecule has 0 fully saturated rings. The molecular formula is C64H79Br5ClN7O13. The van der Waals surface area contributed by atoms with Crippen molar-refractivity contribution in [3.8, 4) is 0 Å². The second-order valence-electron chi connectivity index (χ2n) is 20.7. The number of carboxylic acids is 2. The van der Waals surface area contributed by atoms with Crippen LogP contribution in [0, 0.1) is 0 Å². The summed E-state index contributed by atoms with van der Waals surface area (Å²) in [7, 11) is 0. The number of carbonyl (C=O) groups is 9. The maximum absolute atomic E-state index is 11.9. The number of nitrogen functional groups attached to an aromatic ring is 1. The van der Waals surface area contributed by atoms with Crippen molar-refractivity contribution in [3.05, 3.63) is 154 Å². The summed E-state index contributed by atoms with van der Waals surface area (Å²) in [6.45, 7) is 20.9. The van der Waals surface area contributed by atoms with Gasteiger partial charge in [0.25, 0.3) is 0 Å². The topological polar surface area (TPSA) is 307 Å². The smallest absolute Gasteiger partial charge is 0.407 e. The molecule has 0 bridgehead atoms. The Kier molecular flexibility index (Phi) is 37.7. The van der Waals surface area contributed by atoms with Crippen molar-refractivity contribution in [3.63, 3.8) is 0 Å². The molecule has 5 aromatic carbocycles. The van der Waals surface area contributed by atoms with E-state index in [9.17, 15) is 43.2 Å². The van der Waals surface area contributed by atoms with Gasteiger partial charge in [-0.25, -0.2) is 14.4 Å². The van der Waals surface area contributed by atoms with Gasteiger partial charge < -0.3 is 56.9 Å². The summed E-state index contributed by atoms with van der Waals surface area (Å²) in [6.07, 6.45) is 2.89. The molecule has 0 radical (unpaired) electrons. The number of halogens is 6. The first-order chi connectivity index (χ1) is 41.9. The normalized spacial score (nSPS) is 15.8. The highest BCUT2D eigenvalue weighted by Crippen LogP contribution is 2.39. The van der Waals surface area contributed by atoms with Gasteiger partial charge >= 0.3 is 24.1 Å². The van der Waals surface area contributed by atoms with Crippen LogP contribution < -0.4 is 37.2 Å². The van der Waals surface area contributed by atoms with Gasteiger partial charge in [-0.15, -0.1) is 0 Å². The Hall–Kier alpha value is -6.64. The number of anilines is 5. The molecule has 0 aliphatic carbocycles. The number of carboxylic acid groups (broad SMARTS) is 2. The van der Waals surface area contributed by atoms with Crippen LogP contribution in [0.4, 0.5) is 38.0 Å². The summed E-state index contributed by atoms with van der Waals surface area (Å²) in [5.74, 6) is -1.38. The lowest BCUT2D eigenvalue weighted by Gasteiger charge is -2.39. The molecule has 9 N–H and O–H groups in total. The van der Waals surface area contributed by atoms with E-state index in [4.69, 9.17) is 20.7 Å². The van der Waals surface area contributed by atoms with Crippen molar-refractivity contribution in [1.82, 2.24) is 5.32 Å². The third kappa shape index (κ3) is 32.4. The van der Waals surface area contributed by atoms with E-state index in [1.807, 2.05) is 139 Å². The number of fused-ring (bicyclic) bond motifs is 3. The Morgan fingerprint density at radius 1 is 0.667 bits per heavy atom. The van der Waals surface area contributed by atoms with E-state index in [0.717, 1.165) is 68.0 Å². The molecule has 8 rings (SSSR count). The van der Waals surface area contributed by atoms with Crippen LogP contribution >= 0.6 is 91.3 Å². The third-order valence-electron chi connectivity index (χ3n) is 11.8. The van der Waals surface area contributed by atoms with Gasteiger partial charge in [0.2, 0.25) is 17.1 Å². The van der Waals surface area contributed by atoms with E-state index in [1.165, 1.54) is 19.9 Å². The minimum Gasteiger partial charge on any atom is -0.481 e. The fourth-order valence-corrected chi connectivity index (χ4v) is 10.2. The average Bonchev–Trinajstić information content (AvgIpc) is 0.827. The summed E-state index contributed by atoms with van der Waals surface area (Å²) in [5.41, 5.74) is 16.6. The van der Waals surface area contributed by atoms with Crippen LogP contribution in [0.2, 0.25) is 0 Å². The van der Waals surface area contributed by atoms with Crippen molar-refractivity contribution in [2.45, 2.75) is 151 Å². The molecule has 5 atom stereocenters. The highest BCUT2D eigenvalue weighted by Gasteiger charge is 2.34. The lowest BCUT2D eigenvalue weighted by atomic mass is 9.91. The number of hydrogen-bond acceptors (Lipinski definition) is 14. The molecule has 0 saturated heterocycles. The molecule has 0 aromatic heterocycles. The summed E-state index contributed by atoms with van der Waals surface area (Å²) < 4.78 is 14.3. The predicted molar refractivity (Wildman–Crippen MR) is 374 cm³/mol. The number of nitrogens with two attached hydrogens (primary N) is 2. The number of carbonyl (C=O) groups excluding carboxylic acids is 7. The number of benzene rings is 5. The van der Waals surface area contributed by atoms with Gasteiger partial charge in [0.1, 0.15) is 0 Å². The Bertz CT molecular complexity index is 3220. The van der Waals surface area contributed by atoms with E-state index in [0.29, 0.717) is 24.8 Å². The van der Waals surface area contributed by atoms with Crippen molar-refractivity contribution >= 4 is 172 Å². The summed E-state index contributed by atoms with van der Waals surface area (Å²) in [5, 5.41) is 25.3. The van der Waals surface area contributed by atoms with Crippen molar-refractivity contribution in [2.75, 3.05) is 26.2 Å². The molecule has 3 heterocycles. The number of ether oxygens (including phenoxy) is 2. The van der Waals surface area contributed by atoms with Gasteiger partial charge in [-0.2, -0.15) is 0 Å². The van der Waals surface area contributed by atoms with E-state index in [2.05, 4.69) is 118 Å². The van der Waals surface area contributed by atoms with Gasteiger partial charge in [0.15, 0.2) is 11.6 Å². The third-order valence-corrected chi connectivity index (χ3v) is 14.4. The average molecular weight is 1590 g/mol. The number of primary amides is 1. The number of rotatable bonds is 8. The fourth-order valence-electron chi connectivity index (χ4n) is 8.53. The number of allylic oxidation sites excluding steroid dienone is 1. The van der Waals surface area contributed by atoms with Crippen LogP contribution in [0.1, 0.15) is 141 Å². The first-order valence-corrected chi connectivity index (χ1v) is 32.3. The minimum absolute atomic E-state index is 0.000667. The number of ketones is 2. The second-order valence-corrected chi connectivity index (χ2v) is 25.8. The molecule has 490 valence electrons. The van der Waals surface area contributed by atoms with Crippen molar-refractivity contribution < 1.29 is 62.8 Å². The van der Waals surface area contributed by atoms with Crippen LogP contribution in [-0.2, 0) is 33.4 Å². The molecule has 0 saturated carbocycles. The predicted octanol–water partition coefficient (Wildman–Crippen LogP) is 16.0. The van der Waals surface area contributed by atoms with Crippen LogP contribution in [0.25, 0.3) is 0 Å². The molecule has 4 amide bonds. The van der Waals surface area contributed by atoms with E-state index in [1.54, 1.807) is 43.6 Å².